The Morgan fingerprint density at radius 2 is 2.12 bits per heavy atom. The summed E-state index contributed by atoms with van der Waals surface area (Å²) in [6.07, 6.45) is 1.56. The molecule has 1 aromatic carbocycles. The number of aromatic carboxylic acids is 1. The number of nitrogens with two attached hydrogens (primary N) is 1. The van der Waals surface area contributed by atoms with E-state index in [1.54, 1.807) is 18.2 Å². The van der Waals surface area contributed by atoms with Gasteiger partial charge in [0.25, 0.3) is 0 Å². The number of halogens is 3. The van der Waals surface area contributed by atoms with E-state index >= 15 is 0 Å². The zero-order chi connectivity index (χ0) is 18.2. The fourth-order valence-electron chi connectivity index (χ4n) is 2.49. The second-order valence-corrected chi connectivity index (χ2v) is 8.11. The van der Waals surface area contributed by atoms with Gasteiger partial charge in [-0.1, -0.05) is 46.9 Å². The number of anilines is 1. The van der Waals surface area contributed by atoms with E-state index in [0.717, 1.165) is 5.56 Å². The van der Waals surface area contributed by atoms with Crippen molar-refractivity contribution in [3.63, 3.8) is 0 Å². The van der Waals surface area contributed by atoms with Crippen LogP contribution < -0.4 is 10.5 Å². The Morgan fingerprint density at radius 3 is 2.72 bits per heavy atom. The number of aromatic nitrogens is 1. The minimum Gasteiger partial charge on any atom is -0.477 e. The first-order valence-electron chi connectivity index (χ1n) is 7.17. The van der Waals surface area contributed by atoms with Gasteiger partial charge in [0, 0.05) is 12.6 Å². The number of carboxylic acid groups (broad SMARTS) is 1. The van der Waals surface area contributed by atoms with Gasteiger partial charge < -0.3 is 20.3 Å². The normalized spacial score (nSPS) is 19.5. The summed E-state index contributed by atoms with van der Waals surface area (Å²) in [6.45, 7) is 0.418. The highest BCUT2D eigenvalue weighted by Gasteiger charge is 2.51. The minimum absolute atomic E-state index is 0.0619. The number of carbonyl (C=O) groups is 1. The van der Waals surface area contributed by atoms with E-state index in [9.17, 15) is 9.90 Å². The number of carboxylic acids is 1. The van der Waals surface area contributed by atoms with Crippen LogP contribution >= 0.6 is 34.8 Å². The quantitative estimate of drug-likeness (QED) is 0.575. The Balaban J connectivity index is 1.89. The van der Waals surface area contributed by atoms with Crippen molar-refractivity contribution < 1.29 is 19.4 Å². The predicted molar refractivity (Wildman–Crippen MR) is 94.7 cm³/mol. The van der Waals surface area contributed by atoms with Gasteiger partial charge >= 0.3 is 5.97 Å². The Hall–Kier alpha value is -1.73. The van der Waals surface area contributed by atoms with Crippen molar-refractivity contribution in [1.29, 1.82) is 0 Å². The van der Waals surface area contributed by atoms with Crippen molar-refractivity contribution in [2.24, 2.45) is 0 Å². The molecule has 3 N–H and O–H groups in total. The first kappa shape index (κ1) is 18.1. The summed E-state index contributed by atoms with van der Waals surface area (Å²) in [5.41, 5.74) is 5.62. The van der Waals surface area contributed by atoms with Crippen molar-refractivity contribution >= 4 is 46.5 Å². The van der Waals surface area contributed by atoms with Gasteiger partial charge in [0.2, 0.25) is 5.88 Å². The predicted octanol–water partition coefficient (Wildman–Crippen LogP) is 4.14. The van der Waals surface area contributed by atoms with Crippen LogP contribution in [-0.4, -0.2) is 26.5 Å². The number of nitrogens with zero attached hydrogens (tertiary/aromatic N) is 1. The molecule has 1 unspecified atom stereocenters. The molecule has 0 aliphatic carbocycles. The Bertz CT molecular complexity index is 819. The summed E-state index contributed by atoms with van der Waals surface area (Å²) >= 11 is 17.6. The van der Waals surface area contributed by atoms with Gasteiger partial charge in [0.15, 0.2) is 3.79 Å². The Kier molecular flexibility index (Phi) is 4.72. The fourth-order valence-corrected chi connectivity index (χ4v) is 3.13. The van der Waals surface area contributed by atoms with Crippen LogP contribution in [0.25, 0.3) is 0 Å². The number of hydrogen-bond acceptors (Lipinski definition) is 5. The average Bonchev–Trinajstić information content (AvgIpc) is 3.26. The molecule has 0 bridgehead atoms. The smallest absolute Gasteiger partial charge is 0.343 e. The first-order valence-corrected chi connectivity index (χ1v) is 8.30. The van der Waals surface area contributed by atoms with Crippen LogP contribution in [0.2, 0.25) is 0 Å². The highest BCUT2D eigenvalue weighted by molar-refractivity contribution is 6.67. The summed E-state index contributed by atoms with van der Waals surface area (Å²) in [5, 5.41) is 9.28. The Labute approximate surface area is 158 Å². The molecule has 0 spiro atoms. The first-order chi connectivity index (χ1) is 11.7. The largest absolute Gasteiger partial charge is 0.477 e. The second-order valence-electron chi connectivity index (χ2n) is 5.59. The number of hydrogen-bond donors (Lipinski definition) is 2. The number of rotatable bonds is 5. The molecule has 3 rings (SSSR count). The van der Waals surface area contributed by atoms with Crippen LogP contribution in [0.5, 0.6) is 11.6 Å². The van der Waals surface area contributed by atoms with Gasteiger partial charge in [-0.3, -0.25) is 0 Å². The van der Waals surface area contributed by atoms with E-state index in [1.807, 2.05) is 6.07 Å². The number of ether oxygens (including phenoxy) is 2. The molecule has 1 fully saturated rings. The summed E-state index contributed by atoms with van der Waals surface area (Å²) < 4.78 is 9.67. The van der Waals surface area contributed by atoms with Crippen LogP contribution in [0, 0.1) is 0 Å². The summed E-state index contributed by atoms with van der Waals surface area (Å²) in [7, 11) is 0. The number of benzene rings is 1. The average molecular weight is 404 g/mol. The topological polar surface area (TPSA) is 98.0 Å². The van der Waals surface area contributed by atoms with Crippen LogP contribution in [0.1, 0.15) is 22.3 Å². The third-order valence-electron chi connectivity index (χ3n) is 3.72. The maximum absolute atomic E-state index is 11.4. The minimum atomic E-state index is -1.46. The third-order valence-corrected chi connectivity index (χ3v) is 4.12. The molecule has 2 aromatic rings. The maximum atomic E-state index is 11.4. The van der Waals surface area contributed by atoms with Crippen molar-refractivity contribution in [3.05, 3.63) is 47.7 Å². The van der Waals surface area contributed by atoms with Crippen molar-refractivity contribution in [1.82, 2.24) is 4.98 Å². The van der Waals surface area contributed by atoms with Crippen LogP contribution in [0.4, 0.5) is 5.69 Å². The van der Waals surface area contributed by atoms with E-state index < -0.39 is 15.4 Å². The monoisotopic (exact) mass is 402 g/mol. The highest BCUT2D eigenvalue weighted by Crippen LogP contribution is 2.50. The lowest BCUT2D eigenvalue weighted by Gasteiger charge is -2.18. The molecule has 1 aliphatic rings. The second kappa shape index (κ2) is 6.53. The molecule has 132 valence electrons. The molecular weight excluding hydrogens is 391 g/mol. The molecule has 1 aliphatic heterocycles. The fraction of sp³-hybridized carbons (Fsp3) is 0.250. The zero-order valence-corrected chi connectivity index (χ0v) is 15.0. The lowest BCUT2D eigenvalue weighted by molar-refractivity contribution is 0.0694. The molecule has 2 heterocycles. The molecule has 25 heavy (non-hydrogen) atoms. The van der Waals surface area contributed by atoms with Crippen molar-refractivity contribution in [2.75, 3.05) is 12.3 Å². The van der Waals surface area contributed by atoms with Gasteiger partial charge in [-0.25, -0.2) is 9.78 Å². The lowest BCUT2D eigenvalue weighted by atomic mass is 9.97. The molecule has 9 heteroatoms. The highest BCUT2D eigenvalue weighted by atomic mass is 35.6. The molecule has 1 saturated heterocycles. The van der Waals surface area contributed by atoms with E-state index in [-0.39, 0.29) is 23.6 Å². The van der Waals surface area contributed by atoms with Gasteiger partial charge in [0.05, 0.1) is 12.3 Å². The van der Waals surface area contributed by atoms with Crippen molar-refractivity contribution in [3.8, 4) is 11.6 Å². The standard InChI is InChI=1S/C16H13Cl3N2O4/c17-16(18,19)7-15(8-24-15)9-2-1-3-10(6-9)25-13-12(14(22)23)11(20)4-5-21-13/h1-6H,7-8H2,(H2,20,21)(H,22,23). The third kappa shape index (κ3) is 4.10. The van der Waals surface area contributed by atoms with E-state index in [1.165, 1.54) is 12.3 Å². The molecule has 6 nitrogen and oxygen atoms in total. The molecule has 1 atom stereocenters. The SMILES string of the molecule is Nc1ccnc(Oc2cccc(C3(CC(Cl)(Cl)Cl)CO3)c2)c1C(=O)O. The maximum Gasteiger partial charge on any atom is 0.343 e. The number of epoxide rings is 1. The summed E-state index contributed by atoms with van der Waals surface area (Å²) in [5.74, 6) is -0.955. The summed E-state index contributed by atoms with van der Waals surface area (Å²) in [6, 6.07) is 8.30. The molecule has 0 saturated carbocycles. The number of alkyl halides is 3. The number of pyridine rings is 1. The van der Waals surface area contributed by atoms with E-state index in [2.05, 4.69) is 4.98 Å². The van der Waals surface area contributed by atoms with Gasteiger partial charge in [-0.15, -0.1) is 0 Å². The lowest BCUT2D eigenvalue weighted by Crippen LogP contribution is -2.18. The van der Waals surface area contributed by atoms with Gasteiger partial charge in [-0.2, -0.15) is 0 Å². The van der Waals surface area contributed by atoms with E-state index in [4.69, 9.17) is 50.0 Å². The summed E-state index contributed by atoms with van der Waals surface area (Å²) in [4.78, 5) is 15.3. The molecule has 0 amide bonds. The van der Waals surface area contributed by atoms with Crippen LogP contribution in [0.15, 0.2) is 36.5 Å². The van der Waals surface area contributed by atoms with Crippen LogP contribution in [0.3, 0.4) is 0 Å². The van der Waals surface area contributed by atoms with Gasteiger partial charge in [-0.05, 0) is 23.8 Å². The Morgan fingerprint density at radius 1 is 1.40 bits per heavy atom. The van der Waals surface area contributed by atoms with Crippen molar-refractivity contribution in [2.45, 2.75) is 15.8 Å². The number of nitrogen functional groups attached to an aromatic ring is 1. The van der Waals surface area contributed by atoms with Gasteiger partial charge in [0.1, 0.15) is 16.9 Å². The van der Waals surface area contributed by atoms with E-state index in [0.29, 0.717) is 12.4 Å². The zero-order valence-electron chi connectivity index (χ0n) is 12.7. The molecule has 0 radical (unpaired) electrons. The molecular formula is C16H13Cl3N2O4. The van der Waals surface area contributed by atoms with Crippen LogP contribution in [-0.2, 0) is 10.3 Å². The molecule has 1 aromatic heterocycles.